The second-order valence-corrected chi connectivity index (χ2v) is 5.50. The van der Waals surface area contributed by atoms with Crippen molar-refractivity contribution in [2.75, 3.05) is 13.7 Å². The number of fused-ring (bicyclic) bond motifs is 1. The molecular weight excluding hydrogens is 250 g/mol. The van der Waals surface area contributed by atoms with Gasteiger partial charge in [-0.1, -0.05) is 32.0 Å². The van der Waals surface area contributed by atoms with Gasteiger partial charge in [0.25, 0.3) is 0 Å². The van der Waals surface area contributed by atoms with Crippen molar-refractivity contribution in [1.29, 1.82) is 0 Å². The Morgan fingerprint density at radius 1 is 1.35 bits per heavy atom. The van der Waals surface area contributed by atoms with Gasteiger partial charge in [-0.15, -0.1) is 0 Å². The van der Waals surface area contributed by atoms with Crippen molar-refractivity contribution in [1.82, 2.24) is 5.32 Å². The molecule has 0 spiro atoms. The first-order chi connectivity index (χ1) is 9.55. The number of furan rings is 1. The lowest BCUT2D eigenvalue weighted by molar-refractivity contribution is -0.0346. The molecule has 1 heterocycles. The van der Waals surface area contributed by atoms with E-state index in [1.165, 1.54) is 5.56 Å². The van der Waals surface area contributed by atoms with E-state index in [1.54, 1.807) is 7.11 Å². The van der Waals surface area contributed by atoms with Crippen LogP contribution in [-0.2, 0) is 4.74 Å². The molecule has 20 heavy (non-hydrogen) atoms. The number of rotatable bonds is 6. The summed E-state index contributed by atoms with van der Waals surface area (Å²) in [6.07, 6.45) is 0.914. The van der Waals surface area contributed by atoms with Gasteiger partial charge < -0.3 is 14.5 Å². The van der Waals surface area contributed by atoms with E-state index in [-0.39, 0.29) is 11.6 Å². The van der Waals surface area contributed by atoms with Crippen LogP contribution in [0.15, 0.2) is 28.7 Å². The molecule has 2 unspecified atom stereocenters. The molecule has 0 aliphatic heterocycles. The topological polar surface area (TPSA) is 34.4 Å². The number of hydrogen-bond acceptors (Lipinski definition) is 3. The van der Waals surface area contributed by atoms with Crippen LogP contribution in [0.2, 0.25) is 0 Å². The number of hydrogen-bond donors (Lipinski definition) is 1. The summed E-state index contributed by atoms with van der Waals surface area (Å²) in [5, 5.41) is 4.65. The summed E-state index contributed by atoms with van der Waals surface area (Å²) >= 11 is 0. The molecule has 0 saturated carbocycles. The van der Waals surface area contributed by atoms with Crippen LogP contribution >= 0.6 is 0 Å². The monoisotopic (exact) mass is 275 g/mol. The lowest BCUT2D eigenvalue weighted by Crippen LogP contribution is -2.42. The molecule has 2 rings (SSSR count). The predicted molar refractivity (Wildman–Crippen MR) is 83.1 cm³/mol. The highest BCUT2D eigenvalue weighted by Gasteiger charge is 2.35. The van der Waals surface area contributed by atoms with Gasteiger partial charge in [0.15, 0.2) is 0 Å². The molecule has 0 bridgehead atoms. The molecule has 2 aromatic rings. The zero-order valence-electron chi connectivity index (χ0n) is 13.1. The standard InChI is InChI=1S/C17H25NO2/c1-6-17(4,19-5)16(18-7-2)14-11-13-10-8-9-12(3)15(13)20-14/h8-11,16,18H,6-7H2,1-5H3. The number of nitrogens with one attached hydrogen (secondary N) is 1. The number of para-hydroxylation sites is 1. The summed E-state index contributed by atoms with van der Waals surface area (Å²) in [6.45, 7) is 9.32. The third kappa shape index (κ3) is 2.60. The Morgan fingerprint density at radius 3 is 2.65 bits per heavy atom. The highest BCUT2D eigenvalue weighted by Crippen LogP contribution is 2.35. The molecule has 0 saturated heterocycles. The minimum Gasteiger partial charge on any atom is -0.459 e. The molecule has 3 heteroatoms. The minimum atomic E-state index is -0.280. The number of likely N-dealkylation sites (N-methyl/N-ethyl adjacent to an activating group) is 1. The molecule has 1 N–H and O–H groups in total. The first-order valence-corrected chi connectivity index (χ1v) is 7.33. The molecule has 1 aromatic carbocycles. The summed E-state index contributed by atoms with van der Waals surface area (Å²) in [5.41, 5.74) is 1.86. The number of benzene rings is 1. The third-order valence-electron chi connectivity index (χ3n) is 4.23. The molecule has 0 radical (unpaired) electrons. The van der Waals surface area contributed by atoms with Crippen LogP contribution in [0.1, 0.15) is 44.6 Å². The predicted octanol–water partition coefficient (Wildman–Crippen LogP) is 4.21. The van der Waals surface area contributed by atoms with Gasteiger partial charge in [0.2, 0.25) is 0 Å². The van der Waals surface area contributed by atoms with E-state index >= 15 is 0 Å². The molecule has 0 aliphatic rings. The van der Waals surface area contributed by atoms with Gasteiger partial charge in [-0.05, 0) is 38.4 Å². The molecule has 0 amide bonds. The van der Waals surface area contributed by atoms with Gasteiger partial charge >= 0.3 is 0 Å². The van der Waals surface area contributed by atoms with Crippen molar-refractivity contribution in [2.45, 2.75) is 45.8 Å². The van der Waals surface area contributed by atoms with Crippen LogP contribution in [0, 0.1) is 6.92 Å². The maximum atomic E-state index is 6.12. The molecule has 0 fully saturated rings. The lowest BCUT2D eigenvalue weighted by Gasteiger charge is -2.35. The summed E-state index contributed by atoms with van der Waals surface area (Å²) in [4.78, 5) is 0. The average molecular weight is 275 g/mol. The van der Waals surface area contributed by atoms with Crippen molar-refractivity contribution in [3.8, 4) is 0 Å². The normalized spacial score (nSPS) is 16.2. The van der Waals surface area contributed by atoms with E-state index in [4.69, 9.17) is 9.15 Å². The Bertz CT molecular complexity index is 569. The lowest BCUT2D eigenvalue weighted by atomic mass is 9.91. The Labute approximate surface area is 121 Å². The van der Waals surface area contributed by atoms with E-state index in [9.17, 15) is 0 Å². The van der Waals surface area contributed by atoms with E-state index in [2.05, 4.69) is 57.3 Å². The third-order valence-corrected chi connectivity index (χ3v) is 4.23. The van der Waals surface area contributed by atoms with Crippen molar-refractivity contribution >= 4 is 11.0 Å². The largest absolute Gasteiger partial charge is 0.459 e. The van der Waals surface area contributed by atoms with Crippen LogP contribution < -0.4 is 5.32 Å². The van der Waals surface area contributed by atoms with E-state index < -0.39 is 0 Å². The van der Waals surface area contributed by atoms with E-state index in [0.29, 0.717) is 0 Å². The fourth-order valence-electron chi connectivity index (χ4n) is 2.66. The quantitative estimate of drug-likeness (QED) is 0.857. The summed E-state index contributed by atoms with van der Waals surface area (Å²) in [6, 6.07) is 8.41. The summed E-state index contributed by atoms with van der Waals surface area (Å²) in [5.74, 6) is 0.947. The van der Waals surface area contributed by atoms with E-state index in [0.717, 1.165) is 29.7 Å². The highest BCUT2D eigenvalue weighted by atomic mass is 16.5. The van der Waals surface area contributed by atoms with Gasteiger partial charge in [-0.2, -0.15) is 0 Å². The van der Waals surface area contributed by atoms with Crippen LogP contribution in [0.25, 0.3) is 11.0 Å². The van der Waals surface area contributed by atoms with Gasteiger partial charge in [-0.3, -0.25) is 0 Å². The van der Waals surface area contributed by atoms with Crippen molar-refractivity contribution in [2.24, 2.45) is 0 Å². The number of aryl methyl sites for hydroxylation is 1. The second-order valence-electron chi connectivity index (χ2n) is 5.50. The maximum absolute atomic E-state index is 6.12. The van der Waals surface area contributed by atoms with Crippen molar-refractivity contribution < 1.29 is 9.15 Å². The van der Waals surface area contributed by atoms with Crippen LogP contribution in [0.5, 0.6) is 0 Å². The number of ether oxygens (including phenoxy) is 1. The van der Waals surface area contributed by atoms with Gasteiger partial charge in [0, 0.05) is 12.5 Å². The Kier molecular flexibility index (Phi) is 4.51. The van der Waals surface area contributed by atoms with Gasteiger partial charge in [-0.25, -0.2) is 0 Å². The molecule has 2 atom stereocenters. The molecule has 1 aromatic heterocycles. The molecule has 0 aliphatic carbocycles. The fourth-order valence-corrected chi connectivity index (χ4v) is 2.66. The molecule has 110 valence electrons. The first kappa shape index (κ1) is 15.1. The van der Waals surface area contributed by atoms with Crippen molar-refractivity contribution in [3.05, 3.63) is 35.6 Å². The van der Waals surface area contributed by atoms with Crippen LogP contribution in [-0.4, -0.2) is 19.3 Å². The Morgan fingerprint density at radius 2 is 2.10 bits per heavy atom. The molecular formula is C17H25NO2. The smallest absolute Gasteiger partial charge is 0.137 e. The molecule has 3 nitrogen and oxygen atoms in total. The SMILES string of the molecule is CCNC(c1cc2cccc(C)c2o1)C(C)(CC)OC. The van der Waals surface area contributed by atoms with Crippen molar-refractivity contribution in [3.63, 3.8) is 0 Å². The Hall–Kier alpha value is -1.32. The van der Waals surface area contributed by atoms with Crippen LogP contribution in [0.3, 0.4) is 0 Å². The highest BCUT2D eigenvalue weighted by molar-refractivity contribution is 5.81. The van der Waals surface area contributed by atoms with Gasteiger partial charge in [0.1, 0.15) is 11.3 Å². The zero-order chi connectivity index (χ0) is 14.8. The summed E-state index contributed by atoms with van der Waals surface area (Å²) < 4.78 is 11.9. The zero-order valence-corrected chi connectivity index (χ0v) is 13.1. The first-order valence-electron chi connectivity index (χ1n) is 7.33. The maximum Gasteiger partial charge on any atom is 0.137 e. The van der Waals surface area contributed by atoms with Gasteiger partial charge in [0.05, 0.1) is 11.6 Å². The number of methoxy groups -OCH3 is 1. The Balaban J connectivity index is 2.49. The van der Waals surface area contributed by atoms with Crippen LogP contribution in [0.4, 0.5) is 0 Å². The minimum absolute atomic E-state index is 0.0503. The fraction of sp³-hybridized carbons (Fsp3) is 0.529. The second kappa shape index (κ2) is 5.98. The average Bonchev–Trinajstić information content (AvgIpc) is 2.89. The van der Waals surface area contributed by atoms with E-state index in [1.807, 2.05) is 0 Å². The summed E-state index contributed by atoms with van der Waals surface area (Å²) in [7, 11) is 1.77.